The van der Waals surface area contributed by atoms with E-state index in [1.165, 1.54) is 32.1 Å². The normalized spacial score (nSPS) is 24.8. The Morgan fingerprint density at radius 2 is 2.22 bits per heavy atom. The molecule has 1 spiro atoms. The van der Waals surface area contributed by atoms with Crippen LogP contribution in [0.15, 0.2) is 12.4 Å². The van der Waals surface area contributed by atoms with Gasteiger partial charge in [-0.1, -0.05) is 12.8 Å². The second-order valence-corrected chi connectivity index (χ2v) is 5.73. The van der Waals surface area contributed by atoms with Gasteiger partial charge >= 0.3 is 0 Å². The van der Waals surface area contributed by atoms with E-state index in [1.54, 1.807) is 10.8 Å². The number of aryl methyl sites for hydroxylation is 1. The molecule has 2 fully saturated rings. The van der Waals surface area contributed by atoms with Crippen LogP contribution in [0.25, 0.3) is 5.78 Å². The van der Waals surface area contributed by atoms with E-state index >= 15 is 0 Å². The minimum atomic E-state index is 0.587. The van der Waals surface area contributed by atoms with Crippen molar-refractivity contribution in [3.05, 3.63) is 18.1 Å². The van der Waals surface area contributed by atoms with Crippen molar-refractivity contribution in [3.63, 3.8) is 0 Å². The molecule has 2 aromatic rings. The van der Waals surface area contributed by atoms with Crippen LogP contribution < -0.4 is 5.32 Å². The fraction of sp³-hybridized carbons (Fsp3) is 0.615. The molecule has 94 valence electrons. The van der Waals surface area contributed by atoms with Crippen LogP contribution in [-0.2, 0) is 0 Å². The monoisotopic (exact) mass is 243 g/mol. The van der Waals surface area contributed by atoms with Gasteiger partial charge in [0.2, 0.25) is 0 Å². The molecule has 0 aliphatic heterocycles. The highest BCUT2D eigenvalue weighted by Crippen LogP contribution is 2.58. The molecule has 2 saturated carbocycles. The summed E-state index contributed by atoms with van der Waals surface area (Å²) in [6.07, 6.45) is 8.43. The number of nitrogens with one attached hydrogen (secondary N) is 1. The standard InChI is InChI=1S/C13H17N5/c1-9-6-11(18-12(16-9)14-8-15-18)17-10-7-13(10)4-2-3-5-13/h6,8,10,17H,2-5,7H2,1H3. The third kappa shape index (κ3) is 1.43. The quantitative estimate of drug-likeness (QED) is 0.878. The minimum Gasteiger partial charge on any atom is -0.367 e. The molecular formula is C13H17N5. The second-order valence-electron chi connectivity index (χ2n) is 5.73. The Balaban J connectivity index is 1.65. The van der Waals surface area contributed by atoms with Crippen molar-refractivity contribution in [2.24, 2.45) is 5.41 Å². The summed E-state index contributed by atoms with van der Waals surface area (Å²) < 4.78 is 1.80. The van der Waals surface area contributed by atoms with Gasteiger partial charge in [-0.25, -0.2) is 4.98 Å². The van der Waals surface area contributed by atoms with E-state index < -0.39 is 0 Å². The van der Waals surface area contributed by atoms with E-state index in [-0.39, 0.29) is 0 Å². The van der Waals surface area contributed by atoms with E-state index in [0.717, 1.165) is 11.5 Å². The topological polar surface area (TPSA) is 55.1 Å². The Morgan fingerprint density at radius 1 is 1.39 bits per heavy atom. The van der Waals surface area contributed by atoms with Gasteiger partial charge in [-0.15, -0.1) is 0 Å². The van der Waals surface area contributed by atoms with Crippen molar-refractivity contribution in [1.29, 1.82) is 0 Å². The first-order valence-corrected chi connectivity index (χ1v) is 6.71. The van der Waals surface area contributed by atoms with Crippen LogP contribution in [0.2, 0.25) is 0 Å². The highest BCUT2D eigenvalue weighted by atomic mass is 15.4. The van der Waals surface area contributed by atoms with Crippen molar-refractivity contribution in [1.82, 2.24) is 19.6 Å². The lowest BCUT2D eigenvalue weighted by Crippen LogP contribution is -2.14. The summed E-state index contributed by atoms with van der Waals surface area (Å²) in [6.45, 7) is 2.00. The predicted molar refractivity (Wildman–Crippen MR) is 68.4 cm³/mol. The lowest BCUT2D eigenvalue weighted by molar-refractivity contribution is 0.519. The predicted octanol–water partition coefficient (Wildman–Crippen LogP) is 2.18. The zero-order valence-corrected chi connectivity index (χ0v) is 10.6. The first kappa shape index (κ1) is 10.3. The molecule has 4 rings (SSSR count). The average Bonchev–Trinajstić information content (AvgIpc) is 2.72. The van der Waals surface area contributed by atoms with Gasteiger partial charge in [0.15, 0.2) is 0 Å². The van der Waals surface area contributed by atoms with E-state index in [0.29, 0.717) is 17.2 Å². The third-order valence-corrected chi connectivity index (χ3v) is 4.49. The summed E-state index contributed by atoms with van der Waals surface area (Å²) in [5, 5.41) is 7.88. The van der Waals surface area contributed by atoms with Gasteiger partial charge in [0.25, 0.3) is 5.78 Å². The van der Waals surface area contributed by atoms with Gasteiger partial charge in [0.1, 0.15) is 12.1 Å². The Morgan fingerprint density at radius 3 is 3.06 bits per heavy atom. The first-order valence-electron chi connectivity index (χ1n) is 6.71. The lowest BCUT2D eigenvalue weighted by atomic mass is 10.1. The van der Waals surface area contributed by atoms with Gasteiger partial charge in [-0.3, -0.25) is 0 Å². The molecule has 2 aliphatic carbocycles. The summed E-state index contributed by atoms with van der Waals surface area (Å²) in [5.41, 5.74) is 1.57. The molecule has 5 heteroatoms. The molecule has 2 aromatic heterocycles. The van der Waals surface area contributed by atoms with Crippen LogP contribution in [-0.4, -0.2) is 25.6 Å². The minimum absolute atomic E-state index is 0.587. The maximum Gasteiger partial charge on any atom is 0.254 e. The molecule has 5 nitrogen and oxygen atoms in total. The molecule has 0 aromatic carbocycles. The van der Waals surface area contributed by atoms with Crippen LogP contribution in [0.5, 0.6) is 0 Å². The van der Waals surface area contributed by atoms with Crippen LogP contribution in [0, 0.1) is 12.3 Å². The fourth-order valence-electron chi connectivity index (χ4n) is 3.40. The maximum atomic E-state index is 4.36. The molecule has 2 heterocycles. The molecule has 2 aliphatic rings. The zero-order valence-electron chi connectivity index (χ0n) is 10.6. The Kier molecular flexibility index (Phi) is 1.96. The van der Waals surface area contributed by atoms with Crippen molar-refractivity contribution < 1.29 is 0 Å². The summed E-state index contributed by atoms with van der Waals surface area (Å²) >= 11 is 0. The summed E-state index contributed by atoms with van der Waals surface area (Å²) in [4.78, 5) is 8.52. The van der Waals surface area contributed by atoms with Gasteiger partial charge in [0.05, 0.1) is 0 Å². The van der Waals surface area contributed by atoms with Crippen LogP contribution in [0.4, 0.5) is 5.82 Å². The van der Waals surface area contributed by atoms with Crippen molar-refractivity contribution in [2.75, 3.05) is 5.32 Å². The molecule has 0 radical (unpaired) electrons. The van der Waals surface area contributed by atoms with Gasteiger partial charge in [-0.2, -0.15) is 14.6 Å². The molecule has 18 heavy (non-hydrogen) atoms. The number of hydrogen-bond acceptors (Lipinski definition) is 4. The average molecular weight is 243 g/mol. The third-order valence-electron chi connectivity index (χ3n) is 4.49. The number of hydrogen-bond donors (Lipinski definition) is 1. The summed E-state index contributed by atoms with van der Waals surface area (Å²) in [5.74, 6) is 1.71. The highest BCUT2D eigenvalue weighted by Gasteiger charge is 2.55. The van der Waals surface area contributed by atoms with Crippen molar-refractivity contribution in [3.8, 4) is 0 Å². The summed E-state index contributed by atoms with van der Waals surface area (Å²) in [6, 6.07) is 2.68. The van der Waals surface area contributed by atoms with Gasteiger partial charge in [-0.05, 0) is 31.6 Å². The van der Waals surface area contributed by atoms with Crippen LogP contribution in [0.1, 0.15) is 37.8 Å². The van der Waals surface area contributed by atoms with E-state index in [4.69, 9.17) is 0 Å². The van der Waals surface area contributed by atoms with Crippen molar-refractivity contribution in [2.45, 2.75) is 45.1 Å². The molecule has 1 N–H and O–H groups in total. The number of aromatic nitrogens is 4. The number of rotatable bonds is 2. The Hall–Kier alpha value is -1.65. The molecule has 1 atom stereocenters. The number of nitrogens with zero attached hydrogens (tertiary/aromatic N) is 4. The molecule has 0 amide bonds. The molecular weight excluding hydrogens is 226 g/mol. The summed E-state index contributed by atoms with van der Waals surface area (Å²) in [7, 11) is 0. The van der Waals surface area contributed by atoms with Crippen LogP contribution in [0.3, 0.4) is 0 Å². The second kappa shape index (κ2) is 3.43. The zero-order chi connectivity index (χ0) is 12.2. The van der Waals surface area contributed by atoms with Crippen molar-refractivity contribution >= 4 is 11.6 Å². The van der Waals surface area contributed by atoms with E-state index in [1.807, 2.05) is 6.92 Å². The smallest absolute Gasteiger partial charge is 0.254 e. The molecule has 1 unspecified atom stereocenters. The number of anilines is 1. The molecule has 0 saturated heterocycles. The SMILES string of the molecule is Cc1cc(NC2CC23CCCC3)n2ncnc2n1. The van der Waals surface area contributed by atoms with E-state index in [9.17, 15) is 0 Å². The fourth-order valence-corrected chi connectivity index (χ4v) is 3.40. The first-order chi connectivity index (χ1) is 8.77. The van der Waals surface area contributed by atoms with Gasteiger partial charge in [0, 0.05) is 17.8 Å². The Bertz CT molecular complexity index is 596. The number of fused-ring (bicyclic) bond motifs is 1. The van der Waals surface area contributed by atoms with E-state index in [2.05, 4.69) is 26.4 Å². The maximum absolute atomic E-state index is 4.36. The lowest BCUT2D eigenvalue weighted by Gasteiger charge is -2.12. The van der Waals surface area contributed by atoms with Crippen LogP contribution >= 0.6 is 0 Å². The Labute approximate surface area is 106 Å². The van der Waals surface area contributed by atoms with Gasteiger partial charge < -0.3 is 5.32 Å². The molecule has 0 bridgehead atoms. The highest BCUT2D eigenvalue weighted by molar-refractivity contribution is 5.47. The largest absolute Gasteiger partial charge is 0.367 e.